The predicted molar refractivity (Wildman–Crippen MR) is 117 cm³/mol. The number of para-hydroxylation sites is 1. The summed E-state index contributed by atoms with van der Waals surface area (Å²) in [6, 6.07) is 13.2. The van der Waals surface area contributed by atoms with E-state index in [4.69, 9.17) is 10.5 Å². The molecule has 0 aliphatic carbocycles. The third kappa shape index (κ3) is 4.87. The van der Waals surface area contributed by atoms with Gasteiger partial charge in [-0.05, 0) is 43.3 Å². The SMILES string of the molecule is COCC(C)n1c(SCC(=O)Nc2ccc(C(N)=O)cc2)nc2ccccc2c1=O. The predicted octanol–water partition coefficient (Wildman–Crippen LogP) is 2.43. The number of carbonyl (C=O) groups excluding carboxylic acids is 2. The standard InChI is InChI=1S/C21H22N4O4S/c1-13(11-29-2)25-20(28)16-5-3-4-6-17(16)24-21(25)30-12-18(26)23-15-9-7-14(8-10-15)19(22)27/h3-10,13H,11-12H2,1-2H3,(H2,22,27)(H,23,26). The molecule has 9 heteroatoms. The van der Waals surface area contributed by atoms with Crippen LogP contribution in [0.4, 0.5) is 5.69 Å². The van der Waals surface area contributed by atoms with Gasteiger partial charge in [0.25, 0.3) is 5.56 Å². The number of nitrogens with zero attached hydrogens (tertiary/aromatic N) is 2. The van der Waals surface area contributed by atoms with Crippen LogP contribution in [0.5, 0.6) is 0 Å². The van der Waals surface area contributed by atoms with Gasteiger partial charge in [0.2, 0.25) is 11.8 Å². The fourth-order valence-electron chi connectivity index (χ4n) is 2.98. The Morgan fingerprint density at radius 1 is 1.20 bits per heavy atom. The first kappa shape index (κ1) is 21.5. The Bertz CT molecular complexity index is 1130. The average molecular weight is 426 g/mol. The van der Waals surface area contributed by atoms with Gasteiger partial charge in [-0.15, -0.1) is 0 Å². The zero-order valence-electron chi connectivity index (χ0n) is 16.6. The van der Waals surface area contributed by atoms with Crippen LogP contribution in [-0.2, 0) is 9.53 Å². The van der Waals surface area contributed by atoms with Crippen LogP contribution in [0.3, 0.4) is 0 Å². The summed E-state index contributed by atoms with van der Waals surface area (Å²) in [6.07, 6.45) is 0. The van der Waals surface area contributed by atoms with Crippen molar-refractivity contribution in [3.8, 4) is 0 Å². The molecule has 1 unspecified atom stereocenters. The number of nitrogens with one attached hydrogen (secondary N) is 1. The lowest BCUT2D eigenvalue weighted by atomic mass is 10.2. The number of hydrogen-bond acceptors (Lipinski definition) is 6. The second-order valence-electron chi connectivity index (χ2n) is 6.67. The number of thioether (sulfide) groups is 1. The lowest BCUT2D eigenvalue weighted by molar-refractivity contribution is -0.113. The van der Waals surface area contributed by atoms with Crippen molar-refractivity contribution in [3.05, 3.63) is 64.4 Å². The minimum Gasteiger partial charge on any atom is -0.383 e. The highest BCUT2D eigenvalue weighted by Crippen LogP contribution is 2.21. The Hall–Kier alpha value is -3.17. The number of nitrogens with two attached hydrogens (primary N) is 1. The van der Waals surface area contributed by atoms with Crippen LogP contribution >= 0.6 is 11.8 Å². The fourth-order valence-corrected chi connectivity index (χ4v) is 3.87. The Labute approximate surface area is 177 Å². The van der Waals surface area contributed by atoms with Crippen molar-refractivity contribution in [2.45, 2.75) is 18.1 Å². The van der Waals surface area contributed by atoms with Gasteiger partial charge in [-0.1, -0.05) is 23.9 Å². The molecule has 2 aromatic carbocycles. The molecule has 0 aliphatic heterocycles. The van der Waals surface area contributed by atoms with Crippen molar-refractivity contribution in [1.29, 1.82) is 0 Å². The van der Waals surface area contributed by atoms with E-state index in [1.54, 1.807) is 54.1 Å². The van der Waals surface area contributed by atoms with Gasteiger partial charge in [-0.3, -0.25) is 19.0 Å². The van der Waals surface area contributed by atoms with E-state index < -0.39 is 5.91 Å². The molecule has 3 N–H and O–H groups in total. The highest BCUT2D eigenvalue weighted by atomic mass is 32.2. The van der Waals surface area contributed by atoms with Crippen molar-refractivity contribution in [3.63, 3.8) is 0 Å². The molecule has 0 fully saturated rings. The van der Waals surface area contributed by atoms with Gasteiger partial charge in [0.1, 0.15) is 0 Å². The Morgan fingerprint density at radius 3 is 2.57 bits per heavy atom. The van der Waals surface area contributed by atoms with E-state index in [1.165, 1.54) is 11.8 Å². The van der Waals surface area contributed by atoms with Gasteiger partial charge in [0.05, 0.1) is 29.3 Å². The first-order valence-electron chi connectivity index (χ1n) is 9.23. The summed E-state index contributed by atoms with van der Waals surface area (Å²) in [5, 5.41) is 3.72. The summed E-state index contributed by atoms with van der Waals surface area (Å²) in [7, 11) is 1.57. The van der Waals surface area contributed by atoms with Crippen LogP contribution in [0.1, 0.15) is 23.3 Å². The van der Waals surface area contributed by atoms with Crippen molar-refractivity contribution in [2.24, 2.45) is 5.73 Å². The fraction of sp³-hybridized carbons (Fsp3) is 0.238. The maximum Gasteiger partial charge on any atom is 0.262 e. The number of rotatable bonds is 8. The zero-order valence-corrected chi connectivity index (χ0v) is 17.4. The van der Waals surface area contributed by atoms with E-state index in [0.717, 1.165) is 0 Å². The number of carbonyl (C=O) groups is 2. The van der Waals surface area contributed by atoms with Crippen LogP contribution in [0, 0.1) is 0 Å². The number of benzene rings is 2. The minimum absolute atomic E-state index is 0.0576. The van der Waals surface area contributed by atoms with Crippen LogP contribution in [-0.4, -0.2) is 40.8 Å². The summed E-state index contributed by atoms with van der Waals surface area (Å²) in [5.41, 5.74) is 6.53. The molecule has 0 saturated carbocycles. The molecule has 1 atom stereocenters. The lowest BCUT2D eigenvalue weighted by Crippen LogP contribution is -2.29. The summed E-state index contributed by atoms with van der Waals surface area (Å²) in [6.45, 7) is 2.21. The highest BCUT2D eigenvalue weighted by molar-refractivity contribution is 7.99. The monoisotopic (exact) mass is 426 g/mol. The number of ether oxygens (including phenoxy) is 1. The van der Waals surface area contributed by atoms with E-state index in [1.807, 2.05) is 13.0 Å². The quantitative estimate of drug-likeness (QED) is 0.422. The summed E-state index contributed by atoms with van der Waals surface area (Å²) < 4.78 is 6.76. The van der Waals surface area contributed by atoms with Crippen molar-refractivity contribution < 1.29 is 14.3 Å². The second kappa shape index (κ2) is 9.55. The van der Waals surface area contributed by atoms with Crippen molar-refractivity contribution in [1.82, 2.24) is 9.55 Å². The number of hydrogen-bond donors (Lipinski definition) is 2. The van der Waals surface area contributed by atoms with Gasteiger partial charge < -0.3 is 15.8 Å². The molecule has 3 rings (SSSR count). The average Bonchev–Trinajstić information content (AvgIpc) is 2.73. The van der Waals surface area contributed by atoms with Gasteiger partial charge in [0.15, 0.2) is 5.16 Å². The maximum atomic E-state index is 13.0. The molecule has 0 spiro atoms. The van der Waals surface area contributed by atoms with Crippen LogP contribution in [0.15, 0.2) is 58.5 Å². The Kier molecular flexibility index (Phi) is 6.86. The highest BCUT2D eigenvalue weighted by Gasteiger charge is 2.17. The minimum atomic E-state index is -0.533. The van der Waals surface area contributed by atoms with Crippen molar-refractivity contribution in [2.75, 3.05) is 24.8 Å². The van der Waals surface area contributed by atoms with Gasteiger partial charge in [-0.2, -0.15) is 0 Å². The first-order valence-corrected chi connectivity index (χ1v) is 10.2. The third-order valence-corrected chi connectivity index (χ3v) is 5.36. The molecule has 0 saturated heterocycles. The number of fused-ring (bicyclic) bond motifs is 1. The molecule has 0 aliphatic rings. The number of anilines is 1. The Balaban J connectivity index is 1.80. The molecular formula is C21H22N4O4S. The molecule has 30 heavy (non-hydrogen) atoms. The van der Waals surface area contributed by atoms with Crippen LogP contribution < -0.4 is 16.6 Å². The van der Waals surface area contributed by atoms with E-state index >= 15 is 0 Å². The summed E-state index contributed by atoms with van der Waals surface area (Å²) in [5.74, 6) is -0.740. The summed E-state index contributed by atoms with van der Waals surface area (Å²) >= 11 is 1.18. The van der Waals surface area contributed by atoms with Gasteiger partial charge in [-0.25, -0.2) is 4.98 Å². The summed E-state index contributed by atoms with van der Waals surface area (Å²) in [4.78, 5) is 41.1. The molecular weight excluding hydrogens is 404 g/mol. The van der Waals surface area contributed by atoms with E-state index in [2.05, 4.69) is 10.3 Å². The normalized spacial score (nSPS) is 11.9. The first-order chi connectivity index (χ1) is 14.4. The molecule has 1 aromatic heterocycles. The molecule has 2 amide bonds. The number of aromatic nitrogens is 2. The van der Waals surface area contributed by atoms with Crippen LogP contribution in [0.2, 0.25) is 0 Å². The number of amides is 2. The second-order valence-corrected chi connectivity index (χ2v) is 7.61. The van der Waals surface area contributed by atoms with E-state index in [0.29, 0.717) is 33.9 Å². The van der Waals surface area contributed by atoms with Crippen molar-refractivity contribution >= 4 is 40.2 Å². The van der Waals surface area contributed by atoms with E-state index in [-0.39, 0.29) is 23.3 Å². The third-order valence-electron chi connectivity index (χ3n) is 4.41. The molecule has 8 nitrogen and oxygen atoms in total. The molecule has 156 valence electrons. The Morgan fingerprint density at radius 2 is 1.90 bits per heavy atom. The smallest absolute Gasteiger partial charge is 0.262 e. The number of methoxy groups -OCH3 is 1. The molecule has 0 radical (unpaired) electrons. The van der Waals surface area contributed by atoms with Gasteiger partial charge >= 0.3 is 0 Å². The number of primary amides is 1. The largest absolute Gasteiger partial charge is 0.383 e. The van der Waals surface area contributed by atoms with Crippen LogP contribution in [0.25, 0.3) is 10.9 Å². The molecule has 1 heterocycles. The van der Waals surface area contributed by atoms with E-state index in [9.17, 15) is 14.4 Å². The maximum absolute atomic E-state index is 13.0. The topological polar surface area (TPSA) is 116 Å². The molecule has 3 aromatic rings. The van der Waals surface area contributed by atoms with Gasteiger partial charge in [0, 0.05) is 18.4 Å². The molecule has 0 bridgehead atoms. The zero-order chi connectivity index (χ0) is 21.7. The lowest BCUT2D eigenvalue weighted by Gasteiger charge is -2.18.